The van der Waals surface area contributed by atoms with Crippen LogP contribution in [-0.4, -0.2) is 19.2 Å². The Kier molecular flexibility index (Phi) is 4.26. The second-order valence-electron chi connectivity index (χ2n) is 4.80. The van der Waals surface area contributed by atoms with Gasteiger partial charge in [0, 0.05) is 11.8 Å². The van der Waals surface area contributed by atoms with Crippen molar-refractivity contribution in [3.8, 4) is 5.75 Å². The lowest BCUT2D eigenvalue weighted by Crippen LogP contribution is -2.19. The molecule has 0 aliphatic heterocycles. The Morgan fingerprint density at radius 1 is 1.41 bits per heavy atom. The molecule has 4 nitrogen and oxygen atoms in total. The van der Waals surface area contributed by atoms with Crippen LogP contribution in [0.4, 0.5) is 0 Å². The summed E-state index contributed by atoms with van der Waals surface area (Å²) in [6, 6.07) is 6.93. The molecule has 1 amide bonds. The molecule has 0 unspecified atom stereocenters. The van der Waals surface area contributed by atoms with Crippen molar-refractivity contribution in [2.45, 2.75) is 20.8 Å². The zero-order chi connectivity index (χ0) is 12.9. The van der Waals surface area contributed by atoms with E-state index in [1.165, 1.54) is 0 Å². The molecule has 17 heavy (non-hydrogen) atoms. The first kappa shape index (κ1) is 13.2. The van der Waals surface area contributed by atoms with E-state index in [1.54, 1.807) is 37.6 Å². The number of hydrazone groups is 1. The van der Waals surface area contributed by atoms with Gasteiger partial charge in [-0.15, -0.1) is 0 Å². The van der Waals surface area contributed by atoms with Gasteiger partial charge >= 0.3 is 0 Å². The van der Waals surface area contributed by atoms with Crippen molar-refractivity contribution in [3.63, 3.8) is 0 Å². The predicted octanol–water partition coefficient (Wildman–Crippen LogP) is 2.46. The molecule has 0 atom stereocenters. The molecule has 1 aromatic carbocycles. The van der Waals surface area contributed by atoms with Gasteiger partial charge in [-0.3, -0.25) is 4.79 Å². The van der Waals surface area contributed by atoms with Gasteiger partial charge in [-0.2, -0.15) is 5.10 Å². The normalized spacial score (nSPS) is 11.5. The van der Waals surface area contributed by atoms with E-state index in [0.717, 1.165) is 0 Å². The predicted molar refractivity (Wildman–Crippen MR) is 68.4 cm³/mol. The van der Waals surface area contributed by atoms with Crippen LogP contribution >= 0.6 is 0 Å². The van der Waals surface area contributed by atoms with Gasteiger partial charge in [0.1, 0.15) is 5.75 Å². The number of hydrogen-bond acceptors (Lipinski definition) is 3. The lowest BCUT2D eigenvalue weighted by molar-refractivity contribution is 0.0954. The molecule has 4 heteroatoms. The van der Waals surface area contributed by atoms with Crippen LogP contribution in [0.25, 0.3) is 0 Å². The van der Waals surface area contributed by atoms with Crippen molar-refractivity contribution in [2.24, 2.45) is 10.5 Å². The number of nitrogens with one attached hydrogen (secondary N) is 1. The number of methoxy groups -OCH3 is 1. The van der Waals surface area contributed by atoms with Crippen LogP contribution in [0.5, 0.6) is 5.75 Å². The molecule has 1 aromatic rings. The van der Waals surface area contributed by atoms with Crippen molar-refractivity contribution in [1.29, 1.82) is 0 Å². The van der Waals surface area contributed by atoms with Gasteiger partial charge in [-0.1, -0.05) is 26.8 Å². The summed E-state index contributed by atoms with van der Waals surface area (Å²) in [7, 11) is 1.56. The molecule has 92 valence electrons. The van der Waals surface area contributed by atoms with Crippen molar-refractivity contribution in [2.75, 3.05) is 7.11 Å². The number of ether oxygens (including phenoxy) is 1. The van der Waals surface area contributed by atoms with Gasteiger partial charge in [-0.05, 0) is 23.6 Å². The fourth-order valence-corrected chi connectivity index (χ4v) is 1.11. The summed E-state index contributed by atoms with van der Waals surface area (Å²) < 4.78 is 5.05. The monoisotopic (exact) mass is 234 g/mol. The molecular weight excluding hydrogens is 216 g/mol. The van der Waals surface area contributed by atoms with E-state index < -0.39 is 0 Å². The average Bonchev–Trinajstić information content (AvgIpc) is 2.27. The standard InChI is InChI=1S/C13H18N2O2/c1-13(2,3)9-14-15-12(16)10-6-5-7-11(8-10)17-4/h5-9H,1-4H3,(H,15,16)/b14-9+. The Balaban J connectivity index is 2.67. The minimum atomic E-state index is -0.246. The Morgan fingerprint density at radius 3 is 2.71 bits per heavy atom. The summed E-state index contributed by atoms with van der Waals surface area (Å²) >= 11 is 0. The van der Waals surface area contributed by atoms with Crippen LogP contribution < -0.4 is 10.2 Å². The molecule has 0 saturated heterocycles. The summed E-state index contributed by atoms with van der Waals surface area (Å²) in [6.07, 6.45) is 1.70. The maximum absolute atomic E-state index is 11.7. The first-order chi connectivity index (χ1) is 7.92. The van der Waals surface area contributed by atoms with Gasteiger partial charge in [0.05, 0.1) is 7.11 Å². The van der Waals surface area contributed by atoms with E-state index in [4.69, 9.17) is 4.74 Å². The summed E-state index contributed by atoms with van der Waals surface area (Å²) in [5.74, 6) is 0.404. The Bertz CT molecular complexity index is 420. The minimum absolute atomic E-state index is 0.0539. The van der Waals surface area contributed by atoms with E-state index >= 15 is 0 Å². The molecule has 0 saturated carbocycles. The summed E-state index contributed by atoms with van der Waals surface area (Å²) in [5.41, 5.74) is 2.95. The lowest BCUT2D eigenvalue weighted by atomic mass is 9.99. The molecule has 0 fully saturated rings. The Morgan fingerprint density at radius 2 is 2.12 bits per heavy atom. The van der Waals surface area contributed by atoms with E-state index in [-0.39, 0.29) is 11.3 Å². The van der Waals surface area contributed by atoms with Crippen molar-refractivity contribution >= 4 is 12.1 Å². The average molecular weight is 234 g/mol. The van der Waals surface area contributed by atoms with Gasteiger partial charge in [0.15, 0.2) is 0 Å². The van der Waals surface area contributed by atoms with Gasteiger partial charge < -0.3 is 4.74 Å². The highest BCUT2D eigenvalue weighted by molar-refractivity contribution is 5.94. The summed E-state index contributed by atoms with van der Waals surface area (Å²) in [4.78, 5) is 11.7. The summed E-state index contributed by atoms with van der Waals surface area (Å²) in [6.45, 7) is 6.02. The van der Waals surface area contributed by atoms with Gasteiger partial charge in [0.25, 0.3) is 5.91 Å². The maximum atomic E-state index is 11.7. The van der Waals surface area contributed by atoms with E-state index in [1.807, 2.05) is 20.8 Å². The third-order valence-electron chi connectivity index (χ3n) is 1.95. The highest BCUT2D eigenvalue weighted by Crippen LogP contribution is 2.12. The minimum Gasteiger partial charge on any atom is -0.497 e. The fourth-order valence-electron chi connectivity index (χ4n) is 1.11. The van der Waals surface area contributed by atoms with Crippen LogP contribution in [0.15, 0.2) is 29.4 Å². The number of amides is 1. The molecular formula is C13H18N2O2. The van der Waals surface area contributed by atoms with E-state index in [2.05, 4.69) is 10.5 Å². The molecule has 0 aliphatic carbocycles. The molecule has 0 aliphatic rings. The number of benzene rings is 1. The highest BCUT2D eigenvalue weighted by atomic mass is 16.5. The molecule has 0 aromatic heterocycles. The Hall–Kier alpha value is -1.84. The number of carbonyl (C=O) groups excluding carboxylic acids is 1. The van der Waals surface area contributed by atoms with Crippen LogP contribution in [0.3, 0.4) is 0 Å². The quantitative estimate of drug-likeness (QED) is 0.645. The summed E-state index contributed by atoms with van der Waals surface area (Å²) in [5, 5.41) is 3.91. The topological polar surface area (TPSA) is 50.7 Å². The van der Waals surface area contributed by atoms with E-state index in [9.17, 15) is 4.79 Å². The Labute approximate surface area is 102 Å². The maximum Gasteiger partial charge on any atom is 0.271 e. The second-order valence-corrected chi connectivity index (χ2v) is 4.80. The first-order valence-electron chi connectivity index (χ1n) is 5.41. The van der Waals surface area contributed by atoms with Crippen LogP contribution in [-0.2, 0) is 0 Å². The fraction of sp³-hybridized carbons (Fsp3) is 0.385. The third-order valence-corrected chi connectivity index (χ3v) is 1.95. The van der Waals surface area contributed by atoms with Crippen molar-refractivity contribution < 1.29 is 9.53 Å². The molecule has 1 N–H and O–H groups in total. The molecule has 1 rings (SSSR count). The van der Waals surface area contributed by atoms with Crippen LogP contribution in [0.2, 0.25) is 0 Å². The highest BCUT2D eigenvalue weighted by Gasteiger charge is 2.07. The molecule has 0 radical (unpaired) electrons. The number of rotatable bonds is 3. The lowest BCUT2D eigenvalue weighted by Gasteiger charge is -2.09. The zero-order valence-electron chi connectivity index (χ0n) is 10.7. The van der Waals surface area contributed by atoms with Crippen molar-refractivity contribution in [3.05, 3.63) is 29.8 Å². The van der Waals surface area contributed by atoms with Gasteiger partial charge in [0.2, 0.25) is 0 Å². The van der Waals surface area contributed by atoms with E-state index in [0.29, 0.717) is 11.3 Å². The molecule has 0 spiro atoms. The second kappa shape index (κ2) is 5.48. The smallest absolute Gasteiger partial charge is 0.271 e. The van der Waals surface area contributed by atoms with Crippen molar-refractivity contribution in [1.82, 2.24) is 5.43 Å². The van der Waals surface area contributed by atoms with Crippen LogP contribution in [0.1, 0.15) is 31.1 Å². The largest absolute Gasteiger partial charge is 0.497 e. The SMILES string of the molecule is COc1cccc(C(=O)N/N=C/C(C)(C)C)c1. The number of hydrogen-bond donors (Lipinski definition) is 1. The molecule has 0 bridgehead atoms. The number of carbonyl (C=O) groups is 1. The number of nitrogens with zero attached hydrogens (tertiary/aromatic N) is 1. The van der Waals surface area contributed by atoms with Crippen LogP contribution in [0, 0.1) is 5.41 Å². The first-order valence-corrected chi connectivity index (χ1v) is 5.41. The molecule has 0 heterocycles. The zero-order valence-corrected chi connectivity index (χ0v) is 10.7. The van der Waals surface area contributed by atoms with Gasteiger partial charge in [-0.25, -0.2) is 5.43 Å². The third kappa shape index (κ3) is 4.68.